The van der Waals surface area contributed by atoms with Gasteiger partial charge in [0.1, 0.15) is 5.82 Å². The summed E-state index contributed by atoms with van der Waals surface area (Å²) in [7, 11) is 0. The van der Waals surface area contributed by atoms with Crippen LogP contribution in [0.4, 0.5) is 4.39 Å². The highest BCUT2D eigenvalue weighted by Gasteiger charge is 2.57. The van der Waals surface area contributed by atoms with E-state index in [1.807, 2.05) is 0 Å². The number of hydrogen-bond acceptors (Lipinski definition) is 1. The van der Waals surface area contributed by atoms with E-state index in [9.17, 15) is 9.18 Å². The molecular weight excluding hydrogens is 320 g/mol. The molecular formula is C12H11FINO. The number of benzene rings is 1. The van der Waals surface area contributed by atoms with Crippen LogP contribution in [0.1, 0.15) is 29.6 Å². The summed E-state index contributed by atoms with van der Waals surface area (Å²) in [5.41, 5.74) is 0.173. The second-order valence-corrected chi connectivity index (χ2v) is 6.08. The molecule has 1 N–H and O–H groups in total. The number of hydrogen-bond donors (Lipinski definition) is 1. The molecule has 0 heterocycles. The molecule has 0 unspecified atom stereocenters. The summed E-state index contributed by atoms with van der Waals surface area (Å²) < 4.78 is 14.3. The van der Waals surface area contributed by atoms with Crippen LogP contribution in [0, 0.1) is 15.3 Å². The summed E-state index contributed by atoms with van der Waals surface area (Å²) >= 11 is 2.08. The smallest absolute Gasteiger partial charge is 0.254 e. The van der Waals surface area contributed by atoms with E-state index in [-0.39, 0.29) is 17.0 Å². The number of carbonyl (C=O) groups is 1. The van der Waals surface area contributed by atoms with Crippen molar-refractivity contribution < 1.29 is 9.18 Å². The first-order chi connectivity index (χ1) is 7.58. The fraction of sp³-hybridized carbons (Fsp3) is 0.417. The van der Waals surface area contributed by atoms with Gasteiger partial charge in [-0.05, 0) is 66.0 Å². The minimum absolute atomic E-state index is 0.00939. The lowest BCUT2D eigenvalue weighted by molar-refractivity contribution is -0.0439. The zero-order valence-corrected chi connectivity index (χ0v) is 10.8. The molecule has 2 bridgehead atoms. The summed E-state index contributed by atoms with van der Waals surface area (Å²) in [4.78, 5) is 11.9. The van der Waals surface area contributed by atoms with Crippen molar-refractivity contribution >= 4 is 28.5 Å². The first-order valence-electron chi connectivity index (χ1n) is 5.36. The van der Waals surface area contributed by atoms with Crippen LogP contribution >= 0.6 is 22.6 Å². The van der Waals surface area contributed by atoms with Gasteiger partial charge in [-0.15, -0.1) is 0 Å². The maximum Gasteiger partial charge on any atom is 0.254 e. The van der Waals surface area contributed by atoms with Crippen LogP contribution in [-0.4, -0.2) is 11.4 Å². The lowest BCUT2D eigenvalue weighted by atomic mass is 9.50. The lowest BCUT2D eigenvalue weighted by Gasteiger charge is -2.61. The van der Waals surface area contributed by atoms with Crippen LogP contribution < -0.4 is 5.32 Å². The van der Waals surface area contributed by atoms with Crippen molar-refractivity contribution in [3.63, 3.8) is 0 Å². The van der Waals surface area contributed by atoms with Crippen molar-refractivity contribution in [3.05, 3.63) is 33.1 Å². The highest BCUT2D eigenvalue weighted by molar-refractivity contribution is 14.1. The quantitative estimate of drug-likeness (QED) is 0.830. The zero-order valence-electron chi connectivity index (χ0n) is 8.59. The normalized spacial score (nSPS) is 30.2. The molecule has 3 aliphatic carbocycles. The highest BCUT2D eigenvalue weighted by Crippen LogP contribution is 2.56. The van der Waals surface area contributed by atoms with Crippen molar-refractivity contribution in [1.29, 1.82) is 0 Å². The maximum atomic E-state index is 13.5. The Hall–Kier alpha value is -0.650. The molecule has 3 saturated carbocycles. The van der Waals surface area contributed by atoms with Crippen LogP contribution in [0.3, 0.4) is 0 Å². The van der Waals surface area contributed by atoms with Gasteiger partial charge in [0.05, 0.1) is 5.56 Å². The summed E-state index contributed by atoms with van der Waals surface area (Å²) in [6.45, 7) is 0. The molecule has 0 spiro atoms. The molecule has 1 aromatic carbocycles. The molecule has 0 atom stereocenters. The van der Waals surface area contributed by atoms with Gasteiger partial charge in [-0.3, -0.25) is 4.79 Å². The molecule has 0 radical (unpaired) electrons. The minimum Gasteiger partial charge on any atom is -0.346 e. The van der Waals surface area contributed by atoms with Crippen molar-refractivity contribution in [2.45, 2.75) is 24.8 Å². The topological polar surface area (TPSA) is 29.1 Å². The molecule has 0 aliphatic heterocycles. The van der Waals surface area contributed by atoms with Gasteiger partial charge < -0.3 is 5.32 Å². The maximum absolute atomic E-state index is 13.5. The second kappa shape index (κ2) is 3.42. The van der Waals surface area contributed by atoms with E-state index < -0.39 is 5.82 Å². The Kier molecular flexibility index (Phi) is 2.24. The van der Waals surface area contributed by atoms with E-state index in [2.05, 4.69) is 27.9 Å². The highest BCUT2D eigenvalue weighted by atomic mass is 127. The number of rotatable bonds is 2. The van der Waals surface area contributed by atoms with E-state index in [4.69, 9.17) is 0 Å². The third-order valence-corrected chi connectivity index (χ3v) is 4.26. The Bertz CT molecular complexity index is 457. The molecule has 0 aromatic heterocycles. The molecule has 84 valence electrons. The van der Waals surface area contributed by atoms with Crippen molar-refractivity contribution in [1.82, 2.24) is 5.32 Å². The largest absolute Gasteiger partial charge is 0.346 e. The van der Waals surface area contributed by atoms with E-state index in [0.717, 1.165) is 28.8 Å². The molecule has 3 aliphatic rings. The third-order valence-electron chi connectivity index (χ3n) is 3.59. The fourth-order valence-electron chi connectivity index (χ4n) is 2.61. The van der Waals surface area contributed by atoms with Gasteiger partial charge in [0.25, 0.3) is 5.91 Å². The van der Waals surface area contributed by atoms with Gasteiger partial charge in [0, 0.05) is 9.11 Å². The van der Waals surface area contributed by atoms with Crippen LogP contribution in [-0.2, 0) is 0 Å². The van der Waals surface area contributed by atoms with Crippen LogP contribution in [0.15, 0.2) is 18.2 Å². The van der Waals surface area contributed by atoms with Gasteiger partial charge in [0.2, 0.25) is 0 Å². The average Bonchev–Trinajstić information content (AvgIpc) is 2.13. The van der Waals surface area contributed by atoms with Crippen LogP contribution in [0.25, 0.3) is 0 Å². The summed E-state index contributed by atoms with van der Waals surface area (Å²) in [5.74, 6) is 0.0970. The Morgan fingerprint density at radius 2 is 2.12 bits per heavy atom. The first kappa shape index (κ1) is 10.5. The lowest BCUT2D eigenvalue weighted by Crippen LogP contribution is -2.68. The number of carbonyl (C=O) groups excluding carboxylic acids is 1. The zero-order chi connectivity index (χ0) is 11.3. The molecule has 0 saturated heterocycles. The molecule has 2 nitrogen and oxygen atoms in total. The number of amides is 1. The molecule has 1 aromatic rings. The number of halogens is 2. The van der Waals surface area contributed by atoms with Crippen molar-refractivity contribution in [3.8, 4) is 0 Å². The fourth-order valence-corrected chi connectivity index (χ4v) is 3.10. The SMILES string of the molecule is O=C(NC12CC(C1)C2)c1cc(I)ccc1F. The van der Waals surface area contributed by atoms with Gasteiger partial charge in [0.15, 0.2) is 0 Å². The monoisotopic (exact) mass is 331 g/mol. The van der Waals surface area contributed by atoms with Crippen molar-refractivity contribution in [2.24, 2.45) is 5.92 Å². The molecule has 3 fully saturated rings. The van der Waals surface area contributed by atoms with Gasteiger partial charge >= 0.3 is 0 Å². The summed E-state index contributed by atoms with van der Waals surface area (Å²) in [6, 6.07) is 4.60. The van der Waals surface area contributed by atoms with E-state index >= 15 is 0 Å². The Balaban J connectivity index is 1.80. The average molecular weight is 331 g/mol. The molecule has 1 amide bonds. The van der Waals surface area contributed by atoms with Gasteiger partial charge in [-0.1, -0.05) is 0 Å². The van der Waals surface area contributed by atoms with Gasteiger partial charge in [-0.25, -0.2) is 4.39 Å². The van der Waals surface area contributed by atoms with Crippen LogP contribution in [0.2, 0.25) is 0 Å². The predicted molar refractivity (Wildman–Crippen MR) is 66.7 cm³/mol. The molecule has 4 rings (SSSR count). The minimum atomic E-state index is -0.440. The Morgan fingerprint density at radius 3 is 2.69 bits per heavy atom. The van der Waals surface area contributed by atoms with E-state index in [1.54, 1.807) is 12.1 Å². The van der Waals surface area contributed by atoms with E-state index in [1.165, 1.54) is 6.07 Å². The van der Waals surface area contributed by atoms with E-state index in [0.29, 0.717) is 0 Å². The first-order valence-corrected chi connectivity index (χ1v) is 6.43. The Morgan fingerprint density at radius 1 is 1.44 bits per heavy atom. The Labute approximate surface area is 107 Å². The number of nitrogens with one attached hydrogen (secondary N) is 1. The van der Waals surface area contributed by atoms with Crippen molar-refractivity contribution in [2.75, 3.05) is 0 Å². The standard InChI is InChI=1S/C12H11FINO/c13-10-2-1-8(14)3-9(10)11(16)15-12-4-7(5-12)6-12/h1-3,7H,4-6H2,(H,15,16). The summed E-state index contributed by atoms with van der Waals surface area (Å²) in [5, 5.41) is 2.96. The third kappa shape index (κ3) is 1.54. The second-order valence-electron chi connectivity index (χ2n) is 4.84. The summed E-state index contributed by atoms with van der Waals surface area (Å²) in [6.07, 6.45) is 3.22. The predicted octanol–water partition coefficient (Wildman–Crippen LogP) is 2.71. The molecule has 4 heteroatoms. The van der Waals surface area contributed by atoms with Crippen LogP contribution in [0.5, 0.6) is 0 Å². The van der Waals surface area contributed by atoms with Gasteiger partial charge in [-0.2, -0.15) is 0 Å². The molecule has 16 heavy (non-hydrogen) atoms.